The number of carbonyl (C=O) groups excluding carboxylic acids is 1. The number of aryl methyl sites for hydroxylation is 1. The van der Waals surface area contributed by atoms with Crippen LogP contribution in [0.3, 0.4) is 0 Å². The fraction of sp³-hybridized carbons (Fsp3) is 0.130. The van der Waals surface area contributed by atoms with Crippen LogP contribution in [0.1, 0.15) is 29.6 Å². The summed E-state index contributed by atoms with van der Waals surface area (Å²) in [5, 5.41) is 1.71. The third-order valence-corrected chi connectivity index (χ3v) is 6.68. The van der Waals surface area contributed by atoms with Crippen LogP contribution >= 0.6 is 39.1 Å². The van der Waals surface area contributed by atoms with Crippen molar-refractivity contribution in [2.45, 2.75) is 19.9 Å². The molecule has 1 aromatic heterocycles. The van der Waals surface area contributed by atoms with Crippen molar-refractivity contribution in [3.63, 3.8) is 0 Å². The predicted molar refractivity (Wildman–Crippen MR) is 136 cm³/mol. The molecule has 0 unspecified atom stereocenters. The highest BCUT2D eigenvalue weighted by Gasteiger charge is 2.15. The fourth-order valence-corrected chi connectivity index (χ4v) is 4.75. The summed E-state index contributed by atoms with van der Waals surface area (Å²) in [7, 11) is -3.97. The van der Waals surface area contributed by atoms with Crippen molar-refractivity contribution < 1.29 is 13.2 Å². The van der Waals surface area contributed by atoms with Crippen LogP contribution in [0.2, 0.25) is 10.2 Å². The third kappa shape index (κ3) is 7.04. The van der Waals surface area contributed by atoms with Gasteiger partial charge in [0.1, 0.15) is 5.82 Å². The normalized spacial score (nSPS) is 12.0. The molecule has 1 heterocycles. The number of sulfonamides is 1. The molecule has 0 bridgehead atoms. The van der Waals surface area contributed by atoms with Crippen LogP contribution < -0.4 is 4.72 Å². The second-order valence-electron chi connectivity index (χ2n) is 6.94. The van der Waals surface area contributed by atoms with E-state index in [0.29, 0.717) is 35.1 Å². The molecule has 6 nitrogen and oxygen atoms in total. The molecule has 0 atom stereocenters. The summed E-state index contributed by atoms with van der Waals surface area (Å²) >= 11 is 16.0. The van der Waals surface area contributed by atoms with Gasteiger partial charge in [-0.25, -0.2) is 18.1 Å². The van der Waals surface area contributed by atoms with Gasteiger partial charge in [0, 0.05) is 22.0 Å². The first-order chi connectivity index (χ1) is 15.7. The first-order valence-corrected chi connectivity index (χ1v) is 12.9. The first kappa shape index (κ1) is 25.2. The van der Waals surface area contributed by atoms with Crippen molar-refractivity contribution in [3.8, 4) is 0 Å². The molecule has 10 heteroatoms. The summed E-state index contributed by atoms with van der Waals surface area (Å²) in [5.41, 5.74) is 2.01. The summed E-state index contributed by atoms with van der Waals surface area (Å²) in [4.78, 5) is 16.6. The number of imidazole rings is 1. The number of nitrogens with zero attached hydrogens (tertiary/aromatic N) is 2. The van der Waals surface area contributed by atoms with E-state index >= 15 is 0 Å². The molecule has 3 aromatic rings. The van der Waals surface area contributed by atoms with Gasteiger partial charge in [0.05, 0.1) is 17.6 Å². The van der Waals surface area contributed by atoms with E-state index in [9.17, 15) is 13.2 Å². The number of benzene rings is 2. The Morgan fingerprint density at radius 1 is 1.15 bits per heavy atom. The molecule has 0 aliphatic carbocycles. The molecule has 0 saturated heterocycles. The van der Waals surface area contributed by atoms with Gasteiger partial charge in [-0.2, -0.15) is 0 Å². The lowest BCUT2D eigenvalue weighted by atomic mass is 10.2. The van der Waals surface area contributed by atoms with Gasteiger partial charge in [-0.05, 0) is 35.4 Å². The van der Waals surface area contributed by atoms with E-state index in [1.165, 1.54) is 12.2 Å². The molecule has 0 aliphatic rings. The Labute approximate surface area is 211 Å². The number of hydrogen-bond donors (Lipinski definition) is 1. The number of carbonyl (C=O) groups is 1. The van der Waals surface area contributed by atoms with Crippen LogP contribution in [0, 0.1) is 0 Å². The maximum absolute atomic E-state index is 12.3. The third-order valence-electron chi connectivity index (χ3n) is 4.58. The molecule has 0 aliphatic heterocycles. The van der Waals surface area contributed by atoms with Gasteiger partial charge in [0.2, 0.25) is 0 Å². The van der Waals surface area contributed by atoms with Crippen LogP contribution in [0.4, 0.5) is 0 Å². The monoisotopic (exact) mass is 567 g/mol. The van der Waals surface area contributed by atoms with E-state index in [0.717, 1.165) is 21.5 Å². The Hall–Kier alpha value is -2.39. The predicted octanol–water partition coefficient (Wildman–Crippen LogP) is 5.69. The Bertz CT molecular complexity index is 1320. The minimum absolute atomic E-state index is 0.205. The van der Waals surface area contributed by atoms with Crippen molar-refractivity contribution in [2.24, 2.45) is 0 Å². The quantitative estimate of drug-likeness (QED) is 0.354. The van der Waals surface area contributed by atoms with Crippen molar-refractivity contribution in [3.05, 3.63) is 97.3 Å². The molecule has 3 rings (SSSR count). The Balaban J connectivity index is 1.79. The smallest absolute Gasteiger partial charge is 0.257 e. The molecule has 0 saturated carbocycles. The van der Waals surface area contributed by atoms with E-state index in [1.54, 1.807) is 30.3 Å². The molecular formula is C23H20BrCl2N3O3S. The molecule has 1 N–H and O–H groups in total. The lowest BCUT2D eigenvalue weighted by molar-refractivity contribution is -0.114. The number of aromatic nitrogens is 2. The van der Waals surface area contributed by atoms with Crippen LogP contribution in [0.25, 0.3) is 12.2 Å². The molecule has 172 valence electrons. The topological polar surface area (TPSA) is 81.1 Å². The standard InChI is InChI=1S/C23H20BrCl2N3O3S/c1-2-21-27-23(26)20(29(21)15-17-8-9-18(24)14-19(17)25)10-11-22(30)28-33(31,32)13-12-16-6-4-3-5-7-16/h3-14H,2,15H2,1H3,(H,28,30)/b11-10+,13-12+. The summed E-state index contributed by atoms with van der Waals surface area (Å²) in [5.74, 6) is -0.103. The molecule has 0 fully saturated rings. The Morgan fingerprint density at radius 2 is 1.88 bits per heavy atom. The minimum Gasteiger partial charge on any atom is -0.323 e. The van der Waals surface area contributed by atoms with Crippen molar-refractivity contribution >= 4 is 67.2 Å². The molecule has 2 aromatic carbocycles. The van der Waals surface area contributed by atoms with Gasteiger partial charge in [-0.3, -0.25) is 4.79 Å². The number of halogens is 3. The van der Waals surface area contributed by atoms with E-state index in [4.69, 9.17) is 23.2 Å². The molecule has 0 spiro atoms. The number of rotatable bonds is 8. The molecule has 33 heavy (non-hydrogen) atoms. The second-order valence-corrected chi connectivity index (χ2v) is 10.2. The summed E-state index contributed by atoms with van der Waals surface area (Å²) in [6.45, 7) is 2.32. The maximum atomic E-state index is 12.3. The maximum Gasteiger partial charge on any atom is 0.257 e. The van der Waals surface area contributed by atoms with Gasteiger partial charge >= 0.3 is 0 Å². The SMILES string of the molecule is CCc1nc(Cl)c(/C=C/C(=O)NS(=O)(=O)/C=C/c2ccccc2)n1Cc1ccc(Br)cc1Cl. The highest BCUT2D eigenvalue weighted by molar-refractivity contribution is 9.10. The average Bonchev–Trinajstić information content (AvgIpc) is 3.07. The second kappa shape index (κ2) is 11.2. The number of nitrogens with one attached hydrogen (secondary N) is 1. The average molecular weight is 569 g/mol. The van der Waals surface area contributed by atoms with Crippen molar-refractivity contribution in [1.29, 1.82) is 0 Å². The number of amides is 1. The highest BCUT2D eigenvalue weighted by Crippen LogP contribution is 2.26. The fourth-order valence-electron chi connectivity index (χ4n) is 3.00. The van der Waals surface area contributed by atoms with E-state index in [2.05, 4.69) is 20.9 Å². The van der Waals surface area contributed by atoms with Gasteiger partial charge in [-0.1, -0.05) is 82.5 Å². The lowest BCUT2D eigenvalue weighted by Crippen LogP contribution is -2.26. The summed E-state index contributed by atoms with van der Waals surface area (Å²) in [6, 6.07) is 14.4. The highest BCUT2D eigenvalue weighted by atomic mass is 79.9. The lowest BCUT2D eigenvalue weighted by Gasteiger charge is -2.11. The molecule has 0 radical (unpaired) electrons. The van der Waals surface area contributed by atoms with E-state index < -0.39 is 15.9 Å². The zero-order valence-corrected chi connectivity index (χ0v) is 21.4. The molecular weight excluding hydrogens is 549 g/mol. The van der Waals surface area contributed by atoms with Gasteiger partial charge in [-0.15, -0.1) is 0 Å². The van der Waals surface area contributed by atoms with Crippen molar-refractivity contribution in [2.75, 3.05) is 0 Å². The van der Waals surface area contributed by atoms with E-state index in [1.807, 2.05) is 34.4 Å². The zero-order valence-electron chi connectivity index (χ0n) is 17.5. The van der Waals surface area contributed by atoms with E-state index in [-0.39, 0.29) is 5.15 Å². The largest absolute Gasteiger partial charge is 0.323 e. The Morgan fingerprint density at radius 3 is 2.55 bits per heavy atom. The van der Waals surface area contributed by atoms with Crippen LogP contribution in [-0.2, 0) is 27.8 Å². The number of hydrogen-bond acceptors (Lipinski definition) is 4. The summed E-state index contributed by atoms with van der Waals surface area (Å²) in [6.07, 6.45) is 4.55. The van der Waals surface area contributed by atoms with Crippen LogP contribution in [0.15, 0.2) is 64.5 Å². The van der Waals surface area contributed by atoms with Crippen LogP contribution in [0.5, 0.6) is 0 Å². The van der Waals surface area contributed by atoms with Gasteiger partial charge < -0.3 is 4.57 Å². The Kier molecular flexibility index (Phi) is 8.53. The minimum atomic E-state index is -3.97. The molecule has 1 amide bonds. The first-order valence-electron chi connectivity index (χ1n) is 9.85. The zero-order chi connectivity index (χ0) is 24.0. The van der Waals surface area contributed by atoms with Gasteiger partial charge in [0.15, 0.2) is 5.15 Å². The van der Waals surface area contributed by atoms with Gasteiger partial charge in [0.25, 0.3) is 15.9 Å². The van der Waals surface area contributed by atoms with Crippen molar-refractivity contribution in [1.82, 2.24) is 14.3 Å². The van der Waals surface area contributed by atoms with Crippen LogP contribution in [-0.4, -0.2) is 23.9 Å². The summed E-state index contributed by atoms with van der Waals surface area (Å²) < 4.78 is 29.1.